The van der Waals surface area contributed by atoms with Crippen LogP contribution in [0.25, 0.3) is 16.3 Å². The molecular formula is C16H15ClN2OS. The van der Waals surface area contributed by atoms with Gasteiger partial charge in [-0.3, -0.25) is 0 Å². The number of hydrogen-bond acceptors (Lipinski definition) is 3. The van der Waals surface area contributed by atoms with Crippen LogP contribution in [0.2, 0.25) is 5.02 Å². The molecule has 2 aromatic heterocycles. The minimum Gasteiger partial charge on any atom is -0.384 e. The van der Waals surface area contributed by atoms with Gasteiger partial charge in [-0.15, -0.1) is 11.3 Å². The van der Waals surface area contributed by atoms with E-state index in [1.165, 1.54) is 0 Å². The van der Waals surface area contributed by atoms with Gasteiger partial charge in [-0.25, -0.2) is 4.68 Å². The Balaban J connectivity index is 2.24. The minimum atomic E-state index is -1.00. The molecule has 0 atom stereocenters. The van der Waals surface area contributed by atoms with Crippen molar-refractivity contribution in [1.29, 1.82) is 0 Å². The molecule has 3 nitrogen and oxygen atoms in total. The second-order valence-electron chi connectivity index (χ2n) is 5.31. The summed E-state index contributed by atoms with van der Waals surface area (Å²) < 4.78 is 1.79. The molecule has 2 heterocycles. The van der Waals surface area contributed by atoms with Crippen LogP contribution in [0.1, 0.15) is 19.5 Å². The molecule has 5 heteroatoms. The first-order valence-corrected chi connectivity index (χ1v) is 7.84. The molecular weight excluding hydrogens is 304 g/mol. The highest BCUT2D eigenvalue weighted by molar-refractivity contribution is 7.13. The number of hydrogen-bond donors (Lipinski definition) is 1. The van der Waals surface area contributed by atoms with Crippen molar-refractivity contribution in [2.75, 3.05) is 0 Å². The normalized spacial score (nSPS) is 11.8. The number of aromatic nitrogens is 2. The Bertz CT molecular complexity index is 757. The predicted octanol–water partition coefficient (Wildman–Crippen LogP) is 4.48. The summed E-state index contributed by atoms with van der Waals surface area (Å²) in [6.45, 7) is 3.45. The van der Waals surface area contributed by atoms with Gasteiger partial charge in [0.2, 0.25) is 0 Å². The first-order chi connectivity index (χ1) is 9.97. The third-order valence-corrected chi connectivity index (χ3v) is 4.40. The standard InChI is InChI=1S/C16H15ClN2OS/c1-16(2,20)15-10-13(14-8-5-9-21-14)19(18-15)12-7-4-3-6-11(12)17/h3-10,20H,1-2H3. The first kappa shape index (κ1) is 14.3. The zero-order chi connectivity index (χ0) is 15.0. The van der Waals surface area contributed by atoms with E-state index in [2.05, 4.69) is 5.10 Å². The Hall–Kier alpha value is -1.62. The molecule has 0 saturated heterocycles. The van der Waals surface area contributed by atoms with E-state index in [0.717, 1.165) is 16.3 Å². The summed E-state index contributed by atoms with van der Waals surface area (Å²) in [6, 6.07) is 13.5. The van der Waals surface area contributed by atoms with E-state index in [9.17, 15) is 5.11 Å². The average Bonchev–Trinajstić information content (AvgIpc) is 3.07. The third kappa shape index (κ3) is 2.75. The van der Waals surface area contributed by atoms with E-state index < -0.39 is 5.60 Å². The Kier molecular flexibility index (Phi) is 3.61. The predicted molar refractivity (Wildman–Crippen MR) is 87.1 cm³/mol. The lowest BCUT2D eigenvalue weighted by Gasteiger charge is -2.13. The molecule has 0 radical (unpaired) electrons. The lowest BCUT2D eigenvalue weighted by molar-refractivity contribution is 0.0734. The number of nitrogens with zero attached hydrogens (tertiary/aromatic N) is 2. The van der Waals surface area contributed by atoms with Crippen LogP contribution < -0.4 is 0 Å². The fourth-order valence-electron chi connectivity index (χ4n) is 2.09. The van der Waals surface area contributed by atoms with E-state index in [1.54, 1.807) is 29.9 Å². The van der Waals surface area contributed by atoms with Gasteiger partial charge in [-0.2, -0.15) is 5.10 Å². The SMILES string of the molecule is CC(C)(O)c1cc(-c2cccs2)n(-c2ccccc2Cl)n1. The Morgan fingerprint density at radius 3 is 2.57 bits per heavy atom. The Morgan fingerprint density at radius 2 is 1.95 bits per heavy atom. The molecule has 0 bridgehead atoms. The molecule has 1 N–H and O–H groups in total. The van der Waals surface area contributed by atoms with E-state index in [4.69, 9.17) is 11.6 Å². The van der Waals surface area contributed by atoms with E-state index in [0.29, 0.717) is 10.7 Å². The molecule has 0 aliphatic rings. The molecule has 0 fully saturated rings. The monoisotopic (exact) mass is 318 g/mol. The average molecular weight is 319 g/mol. The number of halogens is 1. The second kappa shape index (κ2) is 5.30. The van der Waals surface area contributed by atoms with Crippen molar-refractivity contribution in [1.82, 2.24) is 9.78 Å². The largest absolute Gasteiger partial charge is 0.384 e. The van der Waals surface area contributed by atoms with Crippen molar-refractivity contribution in [2.24, 2.45) is 0 Å². The summed E-state index contributed by atoms with van der Waals surface area (Å²) in [7, 11) is 0. The van der Waals surface area contributed by atoms with Crippen LogP contribution in [0, 0.1) is 0 Å². The zero-order valence-electron chi connectivity index (χ0n) is 11.7. The number of aliphatic hydroxyl groups is 1. The van der Waals surface area contributed by atoms with Crippen LogP contribution >= 0.6 is 22.9 Å². The van der Waals surface area contributed by atoms with Gasteiger partial charge in [0.25, 0.3) is 0 Å². The van der Waals surface area contributed by atoms with Gasteiger partial charge in [0.05, 0.1) is 27.0 Å². The van der Waals surface area contributed by atoms with E-state index in [1.807, 2.05) is 47.8 Å². The van der Waals surface area contributed by atoms with Crippen molar-refractivity contribution in [3.8, 4) is 16.3 Å². The van der Waals surface area contributed by atoms with Crippen LogP contribution in [0.4, 0.5) is 0 Å². The molecule has 0 unspecified atom stereocenters. The second-order valence-corrected chi connectivity index (χ2v) is 6.67. The summed E-state index contributed by atoms with van der Waals surface area (Å²) in [5.41, 5.74) is 1.34. The number of benzene rings is 1. The lowest BCUT2D eigenvalue weighted by Crippen LogP contribution is -2.16. The molecule has 1 aromatic carbocycles. The lowest BCUT2D eigenvalue weighted by atomic mass is 10.1. The van der Waals surface area contributed by atoms with Crippen LogP contribution in [-0.2, 0) is 5.60 Å². The Morgan fingerprint density at radius 1 is 1.19 bits per heavy atom. The van der Waals surface area contributed by atoms with E-state index in [-0.39, 0.29) is 0 Å². The fourth-order valence-corrected chi connectivity index (χ4v) is 3.03. The molecule has 0 spiro atoms. The van der Waals surface area contributed by atoms with Gasteiger partial charge in [0.15, 0.2) is 0 Å². The highest BCUT2D eigenvalue weighted by atomic mass is 35.5. The highest BCUT2D eigenvalue weighted by Gasteiger charge is 2.23. The van der Waals surface area contributed by atoms with Gasteiger partial charge >= 0.3 is 0 Å². The summed E-state index contributed by atoms with van der Waals surface area (Å²) >= 11 is 7.92. The van der Waals surface area contributed by atoms with Crippen molar-refractivity contribution in [3.05, 3.63) is 58.6 Å². The molecule has 21 heavy (non-hydrogen) atoms. The van der Waals surface area contributed by atoms with Gasteiger partial charge in [0, 0.05) is 0 Å². The molecule has 0 saturated carbocycles. The zero-order valence-corrected chi connectivity index (χ0v) is 13.3. The molecule has 108 valence electrons. The van der Waals surface area contributed by atoms with Crippen LogP contribution in [0.3, 0.4) is 0 Å². The number of thiophene rings is 1. The molecule has 0 amide bonds. The van der Waals surface area contributed by atoms with Crippen molar-refractivity contribution in [3.63, 3.8) is 0 Å². The fraction of sp³-hybridized carbons (Fsp3) is 0.188. The molecule has 0 aliphatic heterocycles. The van der Waals surface area contributed by atoms with Crippen LogP contribution in [-0.4, -0.2) is 14.9 Å². The van der Waals surface area contributed by atoms with Crippen molar-refractivity contribution >= 4 is 22.9 Å². The van der Waals surface area contributed by atoms with Crippen molar-refractivity contribution in [2.45, 2.75) is 19.4 Å². The number of rotatable bonds is 3. The smallest absolute Gasteiger partial charge is 0.103 e. The molecule has 0 aliphatic carbocycles. The maximum atomic E-state index is 10.2. The molecule has 3 aromatic rings. The number of para-hydroxylation sites is 1. The maximum absolute atomic E-state index is 10.2. The third-order valence-electron chi connectivity index (χ3n) is 3.19. The molecule has 3 rings (SSSR count). The van der Waals surface area contributed by atoms with Gasteiger partial charge < -0.3 is 5.11 Å². The summed E-state index contributed by atoms with van der Waals surface area (Å²) in [5, 5.41) is 17.4. The maximum Gasteiger partial charge on any atom is 0.103 e. The summed E-state index contributed by atoms with van der Waals surface area (Å²) in [6.07, 6.45) is 0. The topological polar surface area (TPSA) is 38.0 Å². The minimum absolute atomic E-state index is 0.616. The van der Waals surface area contributed by atoms with Crippen molar-refractivity contribution < 1.29 is 5.11 Å². The first-order valence-electron chi connectivity index (χ1n) is 6.58. The Labute approximate surface area is 132 Å². The van der Waals surface area contributed by atoms with Crippen LogP contribution in [0.15, 0.2) is 47.8 Å². The van der Waals surface area contributed by atoms with E-state index >= 15 is 0 Å². The summed E-state index contributed by atoms with van der Waals surface area (Å²) in [5.74, 6) is 0. The highest BCUT2D eigenvalue weighted by Crippen LogP contribution is 2.32. The quantitative estimate of drug-likeness (QED) is 0.773. The van der Waals surface area contributed by atoms with Gasteiger partial charge in [-0.1, -0.05) is 29.8 Å². The van der Waals surface area contributed by atoms with Gasteiger partial charge in [0.1, 0.15) is 5.60 Å². The summed E-state index contributed by atoms with van der Waals surface area (Å²) in [4.78, 5) is 1.08. The van der Waals surface area contributed by atoms with Gasteiger partial charge in [-0.05, 0) is 43.5 Å². The van der Waals surface area contributed by atoms with Crippen LogP contribution in [0.5, 0.6) is 0 Å².